The third-order valence-electron chi connectivity index (χ3n) is 5.40. The average Bonchev–Trinajstić information content (AvgIpc) is 2.77. The zero-order chi connectivity index (χ0) is 22.4. The van der Waals surface area contributed by atoms with Crippen LogP contribution in [-0.4, -0.2) is 69.7 Å². The summed E-state index contributed by atoms with van der Waals surface area (Å²) >= 11 is 5.32. The molecule has 1 fully saturated rings. The molecule has 1 aliphatic rings. The van der Waals surface area contributed by atoms with Gasteiger partial charge >= 0.3 is 0 Å². The first kappa shape index (κ1) is 23.5. The molecule has 166 valence electrons. The largest absolute Gasteiger partial charge is 0.378 e. The van der Waals surface area contributed by atoms with E-state index in [1.54, 1.807) is 24.3 Å². The normalized spacial score (nSPS) is 16.0. The molecule has 0 atom stereocenters. The molecule has 0 amide bonds. The summed E-state index contributed by atoms with van der Waals surface area (Å²) in [6.07, 6.45) is 3.66. The molecule has 0 aromatic heterocycles. The first-order chi connectivity index (χ1) is 14.8. The highest BCUT2D eigenvalue weighted by molar-refractivity contribution is 7.89. The van der Waals surface area contributed by atoms with Crippen LogP contribution in [0.5, 0.6) is 0 Å². The molecule has 31 heavy (non-hydrogen) atoms. The van der Waals surface area contributed by atoms with Crippen molar-refractivity contribution in [3.05, 3.63) is 65.7 Å². The minimum Gasteiger partial charge on any atom is -0.378 e. The topological polar surface area (TPSA) is 60.9 Å². The van der Waals surface area contributed by atoms with E-state index >= 15 is 0 Å². The second-order valence-corrected chi connectivity index (χ2v) is 10.1. The summed E-state index contributed by atoms with van der Waals surface area (Å²) in [5.74, 6) is 0. The Labute approximate surface area is 189 Å². The van der Waals surface area contributed by atoms with E-state index in [2.05, 4.69) is 34.1 Å². The Morgan fingerprint density at radius 1 is 1.06 bits per heavy atom. The van der Waals surface area contributed by atoms with Gasteiger partial charge in [0, 0.05) is 52.5 Å². The average molecular weight is 462 g/mol. The van der Waals surface area contributed by atoms with Crippen molar-refractivity contribution in [2.45, 2.75) is 11.3 Å². The van der Waals surface area contributed by atoms with E-state index in [9.17, 15) is 13.2 Å². The van der Waals surface area contributed by atoms with Gasteiger partial charge in [0.2, 0.25) is 15.3 Å². The lowest BCUT2D eigenvalue weighted by molar-refractivity contribution is -0.107. The van der Waals surface area contributed by atoms with E-state index in [4.69, 9.17) is 11.6 Å². The summed E-state index contributed by atoms with van der Waals surface area (Å²) in [6, 6.07) is 15.1. The minimum atomic E-state index is -3.58. The lowest BCUT2D eigenvalue weighted by atomic mass is 10.1. The van der Waals surface area contributed by atoms with Gasteiger partial charge in [-0.2, -0.15) is 4.31 Å². The highest BCUT2D eigenvalue weighted by Crippen LogP contribution is 2.20. The fraction of sp³-hybridized carbons (Fsp3) is 0.348. The standard InChI is InChI=1S/C23H28ClN3O3S/c1-25(2)21-9-6-19(7-10-21)12-13-26-14-16-27(17-15-26)31(29,30)22-5-3-4-20(18-22)8-11-23(24)28/h3-11,18H,12-17H2,1-2H3. The van der Waals surface area contributed by atoms with Crippen molar-refractivity contribution in [2.75, 3.05) is 51.7 Å². The van der Waals surface area contributed by atoms with Crippen LogP contribution in [0.15, 0.2) is 59.5 Å². The van der Waals surface area contributed by atoms with Crippen molar-refractivity contribution in [2.24, 2.45) is 0 Å². The van der Waals surface area contributed by atoms with Crippen molar-refractivity contribution in [3.63, 3.8) is 0 Å². The maximum atomic E-state index is 13.0. The van der Waals surface area contributed by atoms with Crippen molar-refractivity contribution in [1.82, 2.24) is 9.21 Å². The number of rotatable bonds is 8. The smallest absolute Gasteiger partial charge is 0.245 e. The zero-order valence-corrected chi connectivity index (χ0v) is 19.4. The Balaban J connectivity index is 1.56. The third kappa shape index (κ3) is 6.40. The van der Waals surface area contributed by atoms with Gasteiger partial charge < -0.3 is 9.80 Å². The number of piperazine rings is 1. The van der Waals surface area contributed by atoms with E-state index in [0.717, 1.165) is 13.0 Å². The van der Waals surface area contributed by atoms with E-state index < -0.39 is 15.3 Å². The van der Waals surface area contributed by atoms with Gasteiger partial charge in [-0.25, -0.2) is 8.42 Å². The predicted octanol–water partition coefficient (Wildman–Crippen LogP) is 3.08. The molecule has 0 unspecified atom stereocenters. The number of sulfonamides is 1. The van der Waals surface area contributed by atoms with E-state index in [1.165, 1.54) is 27.7 Å². The van der Waals surface area contributed by atoms with Crippen molar-refractivity contribution >= 4 is 38.6 Å². The molecule has 0 bridgehead atoms. The predicted molar refractivity (Wildman–Crippen MR) is 126 cm³/mol. The monoisotopic (exact) mass is 461 g/mol. The Hall–Kier alpha value is -2.19. The number of halogens is 1. The molecule has 0 aliphatic carbocycles. The summed E-state index contributed by atoms with van der Waals surface area (Å²) in [5, 5.41) is -0.599. The van der Waals surface area contributed by atoms with Gasteiger partial charge in [-0.05, 0) is 59.5 Å². The van der Waals surface area contributed by atoms with Gasteiger partial charge in [0.15, 0.2) is 0 Å². The number of nitrogens with zero attached hydrogens (tertiary/aromatic N) is 3. The van der Waals surface area contributed by atoms with Crippen LogP contribution in [0.25, 0.3) is 6.08 Å². The first-order valence-electron chi connectivity index (χ1n) is 10.2. The molecule has 1 aliphatic heterocycles. The van der Waals surface area contributed by atoms with Crippen LogP contribution in [0.2, 0.25) is 0 Å². The van der Waals surface area contributed by atoms with Crippen LogP contribution < -0.4 is 4.90 Å². The molecular formula is C23H28ClN3O3S. The summed E-state index contributed by atoms with van der Waals surface area (Å²) < 4.78 is 27.6. The Morgan fingerprint density at radius 2 is 1.74 bits per heavy atom. The van der Waals surface area contributed by atoms with E-state index in [-0.39, 0.29) is 4.90 Å². The summed E-state index contributed by atoms with van der Waals surface area (Å²) in [4.78, 5) is 15.5. The third-order valence-corrected chi connectivity index (χ3v) is 7.42. The molecule has 2 aromatic carbocycles. The molecular weight excluding hydrogens is 434 g/mol. The number of carbonyl (C=O) groups excluding carboxylic acids is 1. The van der Waals surface area contributed by atoms with Gasteiger partial charge in [0.1, 0.15) is 0 Å². The fourth-order valence-corrected chi connectivity index (χ4v) is 5.07. The van der Waals surface area contributed by atoms with Gasteiger partial charge in [-0.15, -0.1) is 0 Å². The lowest BCUT2D eigenvalue weighted by Gasteiger charge is -2.34. The van der Waals surface area contributed by atoms with Gasteiger partial charge in [0.25, 0.3) is 0 Å². The molecule has 0 saturated carbocycles. The Bertz CT molecular complexity index is 1030. The maximum Gasteiger partial charge on any atom is 0.245 e. The van der Waals surface area contributed by atoms with Crippen LogP contribution in [-0.2, 0) is 21.2 Å². The van der Waals surface area contributed by atoms with Gasteiger partial charge in [-0.1, -0.05) is 30.3 Å². The van der Waals surface area contributed by atoms with Crippen LogP contribution >= 0.6 is 11.6 Å². The molecule has 0 N–H and O–H groups in total. The molecule has 6 nitrogen and oxygen atoms in total. The first-order valence-corrected chi connectivity index (χ1v) is 12.0. The minimum absolute atomic E-state index is 0.228. The molecule has 2 aromatic rings. The van der Waals surface area contributed by atoms with Crippen LogP contribution in [0.3, 0.4) is 0 Å². The van der Waals surface area contributed by atoms with Crippen LogP contribution in [0, 0.1) is 0 Å². The number of benzene rings is 2. The van der Waals surface area contributed by atoms with Gasteiger partial charge in [0.05, 0.1) is 4.90 Å². The SMILES string of the molecule is CN(C)c1ccc(CCN2CCN(S(=O)(=O)c3cccc(C=CC(=O)Cl)c3)CC2)cc1. The Kier molecular flexibility index (Phi) is 7.89. The van der Waals surface area contributed by atoms with Crippen molar-refractivity contribution in [1.29, 1.82) is 0 Å². The van der Waals surface area contributed by atoms with E-state index in [1.807, 2.05) is 14.1 Å². The second kappa shape index (κ2) is 10.4. The van der Waals surface area contributed by atoms with E-state index in [0.29, 0.717) is 31.7 Å². The molecule has 0 spiro atoms. The number of hydrogen-bond acceptors (Lipinski definition) is 5. The quantitative estimate of drug-likeness (QED) is 0.446. The van der Waals surface area contributed by atoms with Crippen LogP contribution in [0.4, 0.5) is 5.69 Å². The number of anilines is 1. The number of allylic oxidation sites excluding steroid dienone is 1. The molecule has 8 heteroatoms. The zero-order valence-electron chi connectivity index (χ0n) is 17.9. The van der Waals surface area contributed by atoms with Gasteiger partial charge in [-0.3, -0.25) is 4.79 Å². The van der Waals surface area contributed by atoms with Crippen LogP contribution in [0.1, 0.15) is 11.1 Å². The summed E-state index contributed by atoms with van der Waals surface area (Å²) in [7, 11) is 0.472. The summed E-state index contributed by atoms with van der Waals surface area (Å²) in [6.45, 7) is 3.23. The molecule has 1 saturated heterocycles. The number of hydrogen-bond donors (Lipinski definition) is 0. The lowest BCUT2D eigenvalue weighted by Crippen LogP contribution is -2.49. The van der Waals surface area contributed by atoms with Crippen molar-refractivity contribution in [3.8, 4) is 0 Å². The maximum absolute atomic E-state index is 13.0. The highest BCUT2D eigenvalue weighted by atomic mass is 35.5. The molecule has 3 rings (SSSR count). The molecule has 0 radical (unpaired) electrons. The van der Waals surface area contributed by atoms with Crippen molar-refractivity contribution < 1.29 is 13.2 Å². The highest BCUT2D eigenvalue weighted by Gasteiger charge is 2.28. The summed E-state index contributed by atoms with van der Waals surface area (Å²) in [5.41, 5.74) is 3.08. The second-order valence-electron chi connectivity index (χ2n) is 7.77. The number of carbonyl (C=O) groups is 1. The molecule has 1 heterocycles. The Morgan fingerprint density at radius 3 is 2.35 bits per heavy atom. The fourth-order valence-electron chi connectivity index (χ4n) is 3.53.